The molecule has 0 bridgehead atoms. The van der Waals surface area contributed by atoms with Gasteiger partial charge >= 0.3 is 0 Å². The van der Waals surface area contributed by atoms with Gasteiger partial charge in [0.1, 0.15) is 25.4 Å². The summed E-state index contributed by atoms with van der Waals surface area (Å²) in [5.41, 5.74) is 1.60. The number of rotatable bonds is 10. The fourth-order valence-electron chi connectivity index (χ4n) is 2.93. The van der Waals surface area contributed by atoms with Gasteiger partial charge in [0.25, 0.3) is 0 Å². The Labute approximate surface area is 170 Å². The summed E-state index contributed by atoms with van der Waals surface area (Å²) in [6.45, 7) is 1.76. The van der Waals surface area contributed by atoms with Gasteiger partial charge in [-0.25, -0.2) is 9.97 Å². The third kappa shape index (κ3) is 5.47. The van der Waals surface area contributed by atoms with Gasteiger partial charge in [-0.15, -0.1) is 6.42 Å². The van der Waals surface area contributed by atoms with Crippen molar-refractivity contribution in [2.24, 2.45) is 0 Å². The van der Waals surface area contributed by atoms with E-state index in [1.807, 2.05) is 24.3 Å². The van der Waals surface area contributed by atoms with Gasteiger partial charge in [-0.1, -0.05) is 18.1 Å². The number of fused-ring (bicyclic) bond motifs is 1. The van der Waals surface area contributed by atoms with Gasteiger partial charge in [-0.3, -0.25) is 0 Å². The zero-order valence-corrected chi connectivity index (χ0v) is 16.7. The van der Waals surface area contributed by atoms with Gasteiger partial charge in [0.2, 0.25) is 0 Å². The summed E-state index contributed by atoms with van der Waals surface area (Å²) < 4.78 is 21.8. The summed E-state index contributed by atoms with van der Waals surface area (Å²) in [6, 6.07) is 3.79. The van der Waals surface area contributed by atoms with E-state index >= 15 is 0 Å². The minimum atomic E-state index is 0.0552. The number of ether oxygens (including phenoxy) is 4. The predicted molar refractivity (Wildman–Crippen MR) is 112 cm³/mol. The normalized spacial score (nSPS) is 15.6. The van der Waals surface area contributed by atoms with Crippen LogP contribution >= 0.6 is 0 Å². The quantitative estimate of drug-likeness (QED) is 0.490. The molecule has 0 radical (unpaired) electrons. The van der Waals surface area contributed by atoms with Crippen molar-refractivity contribution < 1.29 is 18.9 Å². The summed E-state index contributed by atoms with van der Waals surface area (Å²) in [5.74, 6) is 4.59. The van der Waals surface area contributed by atoms with E-state index in [2.05, 4.69) is 27.3 Å². The zero-order chi connectivity index (χ0) is 20.5. The molecule has 1 N–H and O–H groups in total. The van der Waals surface area contributed by atoms with Gasteiger partial charge < -0.3 is 24.3 Å². The Kier molecular flexibility index (Phi) is 7.45. The molecule has 0 amide bonds. The number of hydrogen-bond donors (Lipinski definition) is 1. The molecule has 3 rings (SSSR count). The van der Waals surface area contributed by atoms with Crippen molar-refractivity contribution in [1.29, 1.82) is 0 Å². The summed E-state index contributed by atoms with van der Waals surface area (Å²) in [6.07, 6.45) is 13.9. The molecule has 29 heavy (non-hydrogen) atoms. The number of hydrogen-bond acceptors (Lipinski definition) is 7. The Balaban J connectivity index is 1.90. The van der Waals surface area contributed by atoms with E-state index in [4.69, 9.17) is 25.4 Å². The SMILES string of the molecule is C#CC1=CC(Nc2ncnc3cc(OCCOC)c(OCCOC)cc23)CC=C1. The first kappa shape index (κ1) is 20.6. The van der Waals surface area contributed by atoms with Crippen LogP contribution < -0.4 is 14.8 Å². The van der Waals surface area contributed by atoms with Crippen molar-refractivity contribution in [2.75, 3.05) is 46.0 Å². The summed E-state index contributed by atoms with van der Waals surface area (Å²) in [5, 5.41) is 4.28. The van der Waals surface area contributed by atoms with Crippen molar-refractivity contribution in [1.82, 2.24) is 9.97 Å². The second-order valence-corrected chi connectivity index (χ2v) is 6.38. The number of terminal acetylenes is 1. The molecule has 0 spiro atoms. The number of allylic oxidation sites excluding steroid dienone is 2. The molecule has 1 aromatic heterocycles. The van der Waals surface area contributed by atoms with Crippen LogP contribution in [-0.2, 0) is 9.47 Å². The van der Waals surface area contributed by atoms with E-state index < -0.39 is 0 Å². The van der Waals surface area contributed by atoms with E-state index in [-0.39, 0.29) is 6.04 Å². The third-order valence-electron chi connectivity index (χ3n) is 4.35. The predicted octanol–water partition coefficient (Wildman–Crippen LogP) is 2.98. The summed E-state index contributed by atoms with van der Waals surface area (Å²) in [7, 11) is 3.26. The maximum Gasteiger partial charge on any atom is 0.163 e. The minimum Gasteiger partial charge on any atom is -0.487 e. The van der Waals surface area contributed by atoms with Crippen molar-refractivity contribution in [3.63, 3.8) is 0 Å². The largest absolute Gasteiger partial charge is 0.487 e. The van der Waals surface area contributed by atoms with Crippen molar-refractivity contribution >= 4 is 16.7 Å². The van der Waals surface area contributed by atoms with Gasteiger partial charge in [0, 0.05) is 31.2 Å². The highest BCUT2D eigenvalue weighted by Gasteiger charge is 2.15. The molecule has 0 fully saturated rings. The molecule has 1 aromatic carbocycles. The van der Waals surface area contributed by atoms with E-state index in [1.54, 1.807) is 14.2 Å². The summed E-state index contributed by atoms with van der Waals surface area (Å²) >= 11 is 0. The Hall–Kier alpha value is -3.08. The molecule has 0 saturated heterocycles. The molecule has 1 unspecified atom stereocenters. The molecular weight excluding hydrogens is 370 g/mol. The smallest absolute Gasteiger partial charge is 0.163 e. The first-order valence-corrected chi connectivity index (χ1v) is 9.39. The van der Waals surface area contributed by atoms with Crippen LogP contribution in [0.3, 0.4) is 0 Å². The first-order chi connectivity index (χ1) is 14.2. The molecule has 1 aliphatic rings. The third-order valence-corrected chi connectivity index (χ3v) is 4.35. The first-order valence-electron chi connectivity index (χ1n) is 9.39. The maximum absolute atomic E-state index is 5.87. The Bertz CT molecular complexity index is 934. The standard InChI is InChI=1S/C22H25N3O4/c1-4-16-6-5-7-17(12-16)25-22-18-13-20(28-10-8-26-2)21(29-11-9-27-3)14-19(18)23-15-24-22/h1,5-6,12-15,17H,7-11H2,2-3H3,(H,23,24,25). The second kappa shape index (κ2) is 10.5. The molecule has 1 aliphatic carbocycles. The highest BCUT2D eigenvalue weighted by Crippen LogP contribution is 2.34. The highest BCUT2D eigenvalue weighted by atomic mass is 16.5. The molecular formula is C22H25N3O4. The number of nitrogens with one attached hydrogen (secondary N) is 1. The Morgan fingerprint density at radius 1 is 1.07 bits per heavy atom. The minimum absolute atomic E-state index is 0.0552. The lowest BCUT2D eigenvalue weighted by molar-refractivity contribution is 0.132. The fraction of sp³-hybridized carbons (Fsp3) is 0.364. The van der Waals surface area contributed by atoms with Crippen LogP contribution in [0.4, 0.5) is 5.82 Å². The number of aromatic nitrogens is 2. The topological polar surface area (TPSA) is 74.7 Å². The fourth-order valence-corrected chi connectivity index (χ4v) is 2.93. The second-order valence-electron chi connectivity index (χ2n) is 6.38. The van der Waals surface area contributed by atoms with Gasteiger partial charge in [-0.2, -0.15) is 0 Å². The van der Waals surface area contributed by atoms with Crippen LogP contribution in [0.5, 0.6) is 11.5 Å². The van der Waals surface area contributed by atoms with Crippen LogP contribution in [0.15, 0.2) is 42.3 Å². The molecule has 0 saturated carbocycles. The van der Waals surface area contributed by atoms with Crippen molar-refractivity contribution in [3.05, 3.63) is 42.3 Å². The van der Waals surface area contributed by atoms with Gasteiger partial charge in [-0.05, 0) is 18.6 Å². The molecule has 0 aliphatic heterocycles. The Morgan fingerprint density at radius 3 is 2.48 bits per heavy atom. The van der Waals surface area contributed by atoms with E-state index in [9.17, 15) is 0 Å². The van der Waals surface area contributed by atoms with E-state index in [1.165, 1.54) is 6.33 Å². The number of nitrogens with zero attached hydrogens (tertiary/aromatic N) is 2. The van der Waals surface area contributed by atoms with Crippen molar-refractivity contribution in [2.45, 2.75) is 12.5 Å². The van der Waals surface area contributed by atoms with E-state index in [0.717, 1.165) is 22.9 Å². The highest BCUT2D eigenvalue weighted by molar-refractivity contribution is 5.91. The zero-order valence-electron chi connectivity index (χ0n) is 16.7. The average Bonchev–Trinajstić information content (AvgIpc) is 2.75. The average molecular weight is 395 g/mol. The molecule has 1 heterocycles. The lowest BCUT2D eigenvalue weighted by Gasteiger charge is -2.19. The van der Waals surface area contributed by atoms with Gasteiger partial charge in [0.05, 0.1) is 24.8 Å². The molecule has 1 atom stereocenters. The maximum atomic E-state index is 5.87. The van der Waals surface area contributed by atoms with Crippen LogP contribution in [0.25, 0.3) is 10.9 Å². The number of benzene rings is 1. The van der Waals surface area contributed by atoms with Gasteiger partial charge in [0.15, 0.2) is 11.5 Å². The Morgan fingerprint density at radius 2 is 1.79 bits per heavy atom. The van der Waals surface area contributed by atoms with Crippen molar-refractivity contribution in [3.8, 4) is 23.8 Å². The summed E-state index contributed by atoms with van der Waals surface area (Å²) in [4.78, 5) is 8.81. The molecule has 152 valence electrons. The van der Waals surface area contributed by atoms with Crippen LogP contribution in [0.2, 0.25) is 0 Å². The monoisotopic (exact) mass is 395 g/mol. The van der Waals surface area contributed by atoms with Crippen LogP contribution in [-0.4, -0.2) is 56.7 Å². The number of methoxy groups -OCH3 is 2. The molecule has 7 nitrogen and oxygen atoms in total. The molecule has 7 heteroatoms. The van der Waals surface area contributed by atoms with E-state index in [0.29, 0.717) is 43.7 Å². The number of anilines is 1. The molecule has 2 aromatic rings. The lowest BCUT2D eigenvalue weighted by Crippen LogP contribution is -2.19. The van der Waals surface area contributed by atoms with Crippen LogP contribution in [0, 0.1) is 12.3 Å². The lowest BCUT2D eigenvalue weighted by atomic mass is 10.0. The van der Waals surface area contributed by atoms with Crippen LogP contribution in [0.1, 0.15) is 6.42 Å².